The molecule has 2 aromatic rings. The first-order valence-corrected chi connectivity index (χ1v) is 7.37. The van der Waals surface area contributed by atoms with Crippen molar-refractivity contribution in [3.63, 3.8) is 0 Å². The largest absolute Gasteiger partial charge is 0.493 e. The van der Waals surface area contributed by atoms with Crippen LogP contribution in [0.25, 0.3) is 0 Å². The van der Waals surface area contributed by atoms with Crippen molar-refractivity contribution in [2.75, 3.05) is 38.7 Å². The molecule has 0 amide bonds. The number of para-hydroxylation sites is 2. The summed E-state index contributed by atoms with van der Waals surface area (Å²) < 4.78 is 10.9. The summed E-state index contributed by atoms with van der Waals surface area (Å²) in [7, 11) is 1.64. The molecule has 0 bridgehead atoms. The fraction of sp³-hybridized carbons (Fsp3) is 0.375. The molecule has 6 heteroatoms. The highest BCUT2D eigenvalue weighted by molar-refractivity contribution is 5.39. The molecule has 0 fully saturated rings. The third-order valence-electron chi connectivity index (χ3n) is 2.98. The molecule has 1 aromatic heterocycles. The van der Waals surface area contributed by atoms with Gasteiger partial charge in [-0.05, 0) is 31.2 Å². The molecule has 0 saturated heterocycles. The van der Waals surface area contributed by atoms with Gasteiger partial charge in [0.2, 0.25) is 5.95 Å². The third-order valence-corrected chi connectivity index (χ3v) is 2.98. The molecule has 1 heterocycles. The highest BCUT2D eigenvalue weighted by atomic mass is 16.5. The normalized spacial score (nSPS) is 10.2. The molecule has 0 aliphatic rings. The van der Waals surface area contributed by atoms with Gasteiger partial charge in [-0.25, -0.2) is 9.97 Å². The van der Waals surface area contributed by atoms with Crippen LogP contribution in [-0.2, 0) is 0 Å². The van der Waals surface area contributed by atoms with Crippen LogP contribution in [0.5, 0.6) is 11.5 Å². The Morgan fingerprint density at radius 1 is 0.955 bits per heavy atom. The van der Waals surface area contributed by atoms with Crippen LogP contribution in [0.2, 0.25) is 0 Å². The maximum absolute atomic E-state index is 5.68. The average molecular weight is 302 g/mol. The number of ether oxygens (including phenoxy) is 2. The summed E-state index contributed by atoms with van der Waals surface area (Å²) in [5.41, 5.74) is 0. The molecule has 2 rings (SSSR count). The second-order valence-corrected chi connectivity index (χ2v) is 4.60. The SMILES string of the molecule is COc1ccccc1OCCNCCCNc1ncccn1. The van der Waals surface area contributed by atoms with E-state index in [2.05, 4.69) is 20.6 Å². The van der Waals surface area contributed by atoms with Crippen molar-refractivity contribution in [1.82, 2.24) is 15.3 Å². The zero-order valence-electron chi connectivity index (χ0n) is 12.8. The first-order chi connectivity index (χ1) is 10.9. The van der Waals surface area contributed by atoms with Gasteiger partial charge in [-0.2, -0.15) is 0 Å². The molecule has 22 heavy (non-hydrogen) atoms. The Morgan fingerprint density at radius 2 is 1.73 bits per heavy atom. The highest BCUT2D eigenvalue weighted by Gasteiger charge is 2.01. The zero-order valence-corrected chi connectivity index (χ0v) is 12.8. The first kappa shape index (κ1) is 16.0. The Morgan fingerprint density at radius 3 is 2.50 bits per heavy atom. The Balaban J connectivity index is 1.51. The minimum Gasteiger partial charge on any atom is -0.493 e. The number of hydrogen-bond acceptors (Lipinski definition) is 6. The monoisotopic (exact) mass is 302 g/mol. The van der Waals surface area contributed by atoms with E-state index in [0.29, 0.717) is 12.6 Å². The maximum atomic E-state index is 5.68. The molecule has 118 valence electrons. The number of nitrogens with zero attached hydrogens (tertiary/aromatic N) is 2. The van der Waals surface area contributed by atoms with Crippen LogP contribution in [0.3, 0.4) is 0 Å². The lowest BCUT2D eigenvalue weighted by Crippen LogP contribution is -2.23. The van der Waals surface area contributed by atoms with Crippen LogP contribution in [0, 0.1) is 0 Å². The summed E-state index contributed by atoms with van der Waals surface area (Å²) in [5.74, 6) is 2.20. The van der Waals surface area contributed by atoms with Crippen molar-refractivity contribution in [2.24, 2.45) is 0 Å². The van der Waals surface area contributed by atoms with Gasteiger partial charge in [-0.15, -0.1) is 0 Å². The van der Waals surface area contributed by atoms with Gasteiger partial charge in [-0.3, -0.25) is 0 Å². The van der Waals surface area contributed by atoms with E-state index in [1.807, 2.05) is 24.3 Å². The van der Waals surface area contributed by atoms with Crippen LogP contribution >= 0.6 is 0 Å². The van der Waals surface area contributed by atoms with Crippen LogP contribution in [0.15, 0.2) is 42.7 Å². The second-order valence-electron chi connectivity index (χ2n) is 4.60. The van der Waals surface area contributed by atoms with Crippen LogP contribution in [0.4, 0.5) is 5.95 Å². The minimum atomic E-state index is 0.607. The van der Waals surface area contributed by atoms with Crippen molar-refractivity contribution in [1.29, 1.82) is 0 Å². The molecule has 0 aliphatic heterocycles. The van der Waals surface area contributed by atoms with Gasteiger partial charge in [0.05, 0.1) is 7.11 Å². The zero-order chi connectivity index (χ0) is 15.5. The molecular weight excluding hydrogens is 280 g/mol. The second kappa shape index (κ2) is 9.57. The van der Waals surface area contributed by atoms with E-state index < -0.39 is 0 Å². The van der Waals surface area contributed by atoms with Crippen LogP contribution < -0.4 is 20.1 Å². The van der Waals surface area contributed by atoms with E-state index in [-0.39, 0.29) is 0 Å². The van der Waals surface area contributed by atoms with Gasteiger partial charge < -0.3 is 20.1 Å². The fourth-order valence-electron chi connectivity index (χ4n) is 1.90. The summed E-state index contributed by atoms with van der Waals surface area (Å²) in [6.45, 7) is 3.15. The Bertz CT molecular complexity index is 537. The molecule has 0 radical (unpaired) electrons. The number of anilines is 1. The van der Waals surface area contributed by atoms with Gasteiger partial charge in [-0.1, -0.05) is 12.1 Å². The van der Waals surface area contributed by atoms with Crippen molar-refractivity contribution >= 4 is 5.95 Å². The smallest absolute Gasteiger partial charge is 0.222 e. The average Bonchev–Trinajstić information content (AvgIpc) is 2.58. The number of hydrogen-bond donors (Lipinski definition) is 2. The Kier molecular flexibility index (Phi) is 6.98. The molecular formula is C16H22N4O2. The summed E-state index contributed by atoms with van der Waals surface area (Å²) in [4.78, 5) is 8.20. The maximum Gasteiger partial charge on any atom is 0.222 e. The van der Waals surface area contributed by atoms with E-state index >= 15 is 0 Å². The fourth-order valence-corrected chi connectivity index (χ4v) is 1.90. The Hall–Kier alpha value is -2.34. The summed E-state index contributed by atoms with van der Waals surface area (Å²) in [5, 5.41) is 6.50. The predicted molar refractivity (Wildman–Crippen MR) is 86.5 cm³/mol. The van der Waals surface area contributed by atoms with Gasteiger partial charge in [0, 0.05) is 25.5 Å². The van der Waals surface area contributed by atoms with Crippen molar-refractivity contribution in [3.8, 4) is 11.5 Å². The van der Waals surface area contributed by atoms with Crippen molar-refractivity contribution in [2.45, 2.75) is 6.42 Å². The summed E-state index contributed by atoms with van der Waals surface area (Å²) in [6.07, 6.45) is 4.44. The van der Waals surface area contributed by atoms with Gasteiger partial charge in [0.1, 0.15) is 6.61 Å². The molecule has 6 nitrogen and oxygen atoms in total. The number of benzene rings is 1. The van der Waals surface area contributed by atoms with Crippen LogP contribution in [0.1, 0.15) is 6.42 Å². The van der Waals surface area contributed by atoms with Crippen molar-refractivity contribution in [3.05, 3.63) is 42.7 Å². The molecule has 0 spiro atoms. The Labute approximate surface area is 130 Å². The standard InChI is InChI=1S/C16H22N4O2/c1-21-14-6-2-3-7-15(14)22-13-12-17-8-4-9-18-16-19-10-5-11-20-16/h2-3,5-7,10-11,17H,4,8-9,12-13H2,1H3,(H,18,19,20). The van der Waals surface area contributed by atoms with E-state index in [4.69, 9.17) is 9.47 Å². The molecule has 2 N–H and O–H groups in total. The summed E-state index contributed by atoms with van der Waals surface area (Å²) >= 11 is 0. The molecule has 0 aliphatic carbocycles. The predicted octanol–water partition coefficient (Wildman–Crippen LogP) is 1.96. The lowest BCUT2D eigenvalue weighted by molar-refractivity contribution is 0.292. The highest BCUT2D eigenvalue weighted by Crippen LogP contribution is 2.25. The molecule has 0 saturated carbocycles. The first-order valence-electron chi connectivity index (χ1n) is 7.37. The lowest BCUT2D eigenvalue weighted by Gasteiger charge is -2.10. The van der Waals surface area contributed by atoms with E-state index in [1.165, 1.54) is 0 Å². The van der Waals surface area contributed by atoms with Gasteiger partial charge in [0.25, 0.3) is 0 Å². The number of methoxy groups -OCH3 is 1. The minimum absolute atomic E-state index is 0.607. The number of aromatic nitrogens is 2. The van der Waals surface area contributed by atoms with Crippen LogP contribution in [-0.4, -0.2) is 43.3 Å². The lowest BCUT2D eigenvalue weighted by atomic mass is 10.3. The number of nitrogens with one attached hydrogen (secondary N) is 2. The van der Waals surface area contributed by atoms with E-state index in [0.717, 1.165) is 37.6 Å². The molecule has 0 atom stereocenters. The quantitative estimate of drug-likeness (QED) is 0.654. The van der Waals surface area contributed by atoms with E-state index in [9.17, 15) is 0 Å². The van der Waals surface area contributed by atoms with Gasteiger partial charge >= 0.3 is 0 Å². The van der Waals surface area contributed by atoms with Gasteiger partial charge in [0.15, 0.2) is 11.5 Å². The molecule has 1 aromatic carbocycles. The summed E-state index contributed by atoms with van der Waals surface area (Å²) in [6, 6.07) is 9.45. The third kappa shape index (κ3) is 5.57. The topological polar surface area (TPSA) is 68.3 Å². The van der Waals surface area contributed by atoms with Crippen molar-refractivity contribution < 1.29 is 9.47 Å². The van der Waals surface area contributed by atoms with E-state index in [1.54, 1.807) is 25.6 Å². The molecule has 0 unspecified atom stereocenters. The number of rotatable bonds is 10.